The number of aryl methyl sites for hydroxylation is 1. The zero-order valence-electron chi connectivity index (χ0n) is 17.5. The normalized spacial score (nSPS) is 13.6. The molecule has 0 radical (unpaired) electrons. The van der Waals surface area contributed by atoms with Gasteiger partial charge in [-0.25, -0.2) is 0 Å². The molecular weight excluding hydrogens is 352 g/mol. The summed E-state index contributed by atoms with van der Waals surface area (Å²) in [5, 5.41) is 2.35. The van der Waals surface area contributed by atoms with Gasteiger partial charge in [-0.2, -0.15) is 0 Å². The van der Waals surface area contributed by atoms with E-state index in [0.717, 1.165) is 17.6 Å². The lowest BCUT2D eigenvalue weighted by molar-refractivity contribution is 0.557. The van der Waals surface area contributed by atoms with E-state index < -0.39 is 0 Å². The topological polar surface area (TPSA) is 13.1 Å². The minimum atomic E-state index is 0.166. The Morgan fingerprint density at radius 2 is 1.62 bits per heavy atom. The maximum atomic E-state index is 5.99. The number of hydrogen-bond donors (Lipinski definition) is 0. The molecule has 0 aliphatic heterocycles. The molecule has 1 heterocycles. The number of furan rings is 1. The van der Waals surface area contributed by atoms with E-state index in [2.05, 4.69) is 94.4 Å². The van der Waals surface area contributed by atoms with Gasteiger partial charge in [0, 0.05) is 22.8 Å². The molecule has 0 N–H and O–H groups in total. The minimum Gasteiger partial charge on any atom is -0.463 e. The van der Waals surface area contributed by atoms with Crippen molar-refractivity contribution in [3.8, 4) is 11.1 Å². The largest absolute Gasteiger partial charge is 0.463 e. The Balaban J connectivity index is 1.62. The van der Waals surface area contributed by atoms with Gasteiger partial charge in [0.2, 0.25) is 0 Å². The molecule has 0 bridgehead atoms. The predicted octanol–water partition coefficient (Wildman–Crippen LogP) is 7.80. The third-order valence-corrected chi connectivity index (χ3v) is 6.08. The van der Waals surface area contributed by atoms with E-state index in [1.807, 2.05) is 6.26 Å². The molecule has 144 valence electrons. The van der Waals surface area contributed by atoms with Crippen LogP contribution in [0.4, 0.5) is 0 Å². The molecule has 0 unspecified atom stereocenters. The average molecular weight is 379 g/mol. The number of rotatable bonds is 2. The van der Waals surface area contributed by atoms with Gasteiger partial charge in [-0.15, -0.1) is 0 Å². The number of fused-ring (bicyclic) bond motifs is 2. The zero-order chi connectivity index (χ0) is 20.2. The first-order valence-electron chi connectivity index (χ1n) is 10.3. The molecule has 4 aromatic rings. The molecule has 0 atom stereocenters. The molecule has 0 fully saturated rings. The highest BCUT2D eigenvalue weighted by atomic mass is 16.3. The Morgan fingerprint density at radius 3 is 2.38 bits per heavy atom. The van der Waals surface area contributed by atoms with E-state index >= 15 is 0 Å². The standard InChI is InChI=1S/C28H26O/c1-18-9-10-20-15-22(27-24-8-6-5-7-21(24)17-29-27)16-25(20)26(18)19-11-13-23(14-12-19)28(2,3)4/h5-14,16-17H,15H2,1-4H3. The Kier molecular flexibility index (Phi) is 4.03. The van der Waals surface area contributed by atoms with Crippen molar-refractivity contribution in [1.82, 2.24) is 0 Å². The van der Waals surface area contributed by atoms with Gasteiger partial charge in [-0.3, -0.25) is 0 Å². The minimum absolute atomic E-state index is 0.166. The monoisotopic (exact) mass is 378 g/mol. The van der Waals surface area contributed by atoms with Crippen LogP contribution < -0.4 is 0 Å². The fourth-order valence-corrected chi connectivity index (χ4v) is 4.43. The summed E-state index contributed by atoms with van der Waals surface area (Å²) in [5.41, 5.74) is 9.45. The van der Waals surface area contributed by atoms with Crippen LogP contribution in [0.2, 0.25) is 0 Å². The van der Waals surface area contributed by atoms with Crippen molar-refractivity contribution in [3.05, 3.63) is 94.9 Å². The summed E-state index contributed by atoms with van der Waals surface area (Å²) in [6.45, 7) is 8.99. The Bertz CT molecular complexity index is 1240. The second-order valence-electron chi connectivity index (χ2n) is 9.16. The van der Waals surface area contributed by atoms with Gasteiger partial charge in [0.05, 0.1) is 6.26 Å². The maximum absolute atomic E-state index is 5.99. The number of hydrogen-bond acceptors (Lipinski definition) is 1. The van der Waals surface area contributed by atoms with Crippen LogP contribution in [-0.2, 0) is 11.8 Å². The van der Waals surface area contributed by atoms with Crippen LogP contribution in [0, 0.1) is 6.92 Å². The lowest BCUT2D eigenvalue weighted by Gasteiger charge is -2.20. The fraction of sp³-hybridized carbons (Fsp3) is 0.214. The van der Waals surface area contributed by atoms with Crippen LogP contribution in [0.5, 0.6) is 0 Å². The second kappa shape index (κ2) is 6.49. The Labute approximate surface area is 172 Å². The maximum Gasteiger partial charge on any atom is 0.138 e. The van der Waals surface area contributed by atoms with Gasteiger partial charge < -0.3 is 4.42 Å². The number of allylic oxidation sites excluding steroid dienone is 1. The molecule has 5 rings (SSSR count). The highest BCUT2D eigenvalue weighted by Gasteiger charge is 2.22. The van der Waals surface area contributed by atoms with Crippen LogP contribution in [0.25, 0.3) is 33.5 Å². The van der Waals surface area contributed by atoms with E-state index in [4.69, 9.17) is 4.42 Å². The van der Waals surface area contributed by atoms with E-state index in [1.54, 1.807) is 0 Å². The lowest BCUT2D eigenvalue weighted by Crippen LogP contribution is -2.10. The van der Waals surface area contributed by atoms with Gasteiger partial charge in [-0.1, -0.05) is 81.4 Å². The van der Waals surface area contributed by atoms with Crippen molar-refractivity contribution < 1.29 is 4.42 Å². The summed E-state index contributed by atoms with van der Waals surface area (Å²) in [5.74, 6) is 1.00. The first-order chi connectivity index (χ1) is 13.9. The Morgan fingerprint density at radius 1 is 0.862 bits per heavy atom. The van der Waals surface area contributed by atoms with Gasteiger partial charge in [-0.05, 0) is 51.8 Å². The molecule has 0 spiro atoms. The molecule has 0 amide bonds. The summed E-state index contributed by atoms with van der Waals surface area (Å²) in [7, 11) is 0. The van der Waals surface area contributed by atoms with E-state index in [-0.39, 0.29) is 5.41 Å². The Hall–Kier alpha value is -3.06. The average Bonchev–Trinajstić information content (AvgIpc) is 3.31. The SMILES string of the molecule is Cc1ccc2c(c1-c1ccc(C(C)(C)C)cc1)C=C(c1occ3ccccc13)C2. The van der Waals surface area contributed by atoms with Crippen molar-refractivity contribution in [2.75, 3.05) is 0 Å². The van der Waals surface area contributed by atoms with Crippen molar-refractivity contribution in [2.45, 2.75) is 39.5 Å². The van der Waals surface area contributed by atoms with Crippen LogP contribution in [-0.4, -0.2) is 0 Å². The van der Waals surface area contributed by atoms with Crippen LogP contribution in [0.1, 0.15) is 48.8 Å². The third kappa shape index (κ3) is 3.02. The molecule has 1 aromatic heterocycles. The van der Waals surface area contributed by atoms with Gasteiger partial charge in [0.25, 0.3) is 0 Å². The van der Waals surface area contributed by atoms with Crippen LogP contribution in [0.3, 0.4) is 0 Å². The van der Waals surface area contributed by atoms with Crippen LogP contribution in [0.15, 0.2) is 71.3 Å². The highest BCUT2D eigenvalue weighted by Crippen LogP contribution is 2.41. The summed E-state index contributed by atoms with van der Waals surface area (Å²) in [4.78, 5) is 0. The highest BCUT2D eigenvalue weighted by molar-refractivity contribution is 6.00. The van der Waals surface area contributed by atoms with Crippen molar-refractivity contribution in [3.63, 3.8) is 0 Å². The quantitative estimate of drug-likeness (QED) is 0.347. The molecule has 0 saturated heterocycles. The molecule has 1 nitrogen and oxygen atoms in total. The lowest BCUT2D eigenvalue weighted by atomic mass is 9.85. The summed E-state index contributed by atoms with van der Waals surface area (Å²) in [6, 6.07) is 22.0. The zero-order valence-corrected chi connectivity index (χ0v) is 17.5. The summed E-state index contributed by atoms with van der Waals surface area (Å²) >= 11 is 0. The van der Waals surface area contributed by atoms with Crippen molar-refractivity contribution >= 4 is 22.4 Å². The molecule has 29 heavy (non-hydrogen) atoms. The van der Waals surface area contributed by atoms with Gasteiger partial charge >= 0.3 is 0 Å². The summed E-state index contributed by atoms with van der Waals surface area (Å²) < 4.78 is 5.99. The van der Waals surface area contributed by atoms with Gasteiger partial charge in [0.1, 0.15) is 5.76 Å². The molecule has 0 saturated carbocycles. The van der Waals surface area contributed by atoms with Crippen molar-refractivity contribution in [2.24, 2.45) is 0 Å². The van der Waals surface area contributed by atoms with Crippen LogP contribution >= 0.6 is 0 Å². The third-order valence-electron chi connectivity index (χ3n) is 6.08. The first-order valence-corrected chi connectivity index (χ1v) is 10.3. The second-order valence-corrected chi connectivity index (χ2v) is 9.16. The number of benzene rings is 3. The van der Waals surface area contributed by atoms with Gasteiger partial charge in [0.15, 0.2) is 0 Å². The van der Waals surface area contributed by atoms with E-state index in [1.165, 1.54) is 44.3 Å². The smallest absolute Gasteiger partial charge is 0.138 e. The molecule has 1 aliphatic rings. The van der Waals surface area contributed by atoms with E-state index in [9.17, 15) is 0 Å². The molecule has 3 aromatic carbocycles. The van der Waals surface area contributed by atoms with E-state index in [0.29, 0.717) is 0 Å². The fourth-order valence-electron chi connectivity index (χ4n) is 4.43. The molecular formula is C28H26O. The molecule has 1 heteroatoms. The first kappa shape index (κ1) is 18.0. The molecule has 1 aliphatic carbocycles. The predicted molar refractivity (Wildman–Crippen MR) is 123 cm³/mol. The summed E-state index contributed by atoms with van der Waals surface area (Å²) in [6.07, 6.45) is 5.12. The van der Waals surface area contributed by atoms with Crippen molar-refractivity contribution in [1.29, 1.82) is 0 Å².